The van der Waals surface area contributed by atoms with E-state index in [0.29, 0.717) is 36.5 Å². The van der Waals surface area contributed by atoms with Gasteiger partial charge in [0.2, 0.25) is 0 Å². The Bertz CT molecular complexity index is 691. The van der Waals surface area contributed by atoms with Crippen LogP contribution < -0.4 is 0 Å². The first kappa shape index (κ1) is 18.2. The lowest BCUT2D eigenvalue weighted by molar-refractivity contribution is -0.0580. The number of fused-ring (bicyclic) bond motifs is 1. The normalized spacial score (nSPS) is 27.6. The highest BCUT2D eigenvalue weighted by molar-refractivity contribution is 6.31. The second-order valence-electron chi connectivity index (χ2n) is 6.48. The van der Waals surface area contributed by atoms with Crippen LogP contribution in [0, 0.1) is 0 Å². The zero-order valence-corrected chi connectivity index (χ0v) is 15.7. The van der Waals surface area contributed by atoms with Crippen molar-refractivity contribution < 1.29 is 18.9 Å². The maximum atomic E-state index is 6.18. The summed E-state index contributed by atoms with van der Waals surface area (Å²) >= 11 is 12.4. The molecule has 138 valence electrons. The molecule has 2 saturated heterocycles. The zero-order chi connectivity index (χ0) is 17.9. The molecule has 2 aliphatic rings. The van der Waals surface area contributed by atoms with Crippen molar-refractivity contribution >= 4 is 23.2 Å². The maximum Gasteiger partial charge on any atom is 0.115 e. The molecule has 0 radical (unpaired) electrons. The summed E-state index contributed by atoms with van der Waals surface area (Å²) < 4.78 is 23.8. The van der Waals surface area contributed by atoms with E-state index in [9.17, 15) is 0 Å². The molecule has 4 nitrogen and oxygen atoms in total. The predicted octanol–water partition coefficient (Wildman–Crippen LogP) is 4.26. The predicted molar refractivity (Wildman–Crippen MR) is 99.5 cm³/mol. The second kappa shape index (κ2) is 8.26. The highest BCUT2D eigenvalue weighted by Crippen LogP contribution is 2.32. The number of benzene rings is 2. The Balaban J connectivity index is 1.31. The second-order valence-corrected chi connectivity index (χ2v) is 7.29. The molecular weight excluding hydrogens is 375 g/mol. The number of hydrogen-bond donors (Lipinski definition) is 0. The number of rotatable bonds is 6. The molecule has 4 rings (SSSR count). The van der Waals surface area contributed by atoms with E-state index in [1.54, 1.807) is 0 Å². The van der Waals surface area contributed by atoms with Crippen molar-refractivity contribution in [3.8, 4) is 0 Å². The molecule has 2 aromatic rings. The van der Waals surface area contributed by atoms with Gasteiger partial charge >= 0.3 is 0 Å². The molecule has 2 fully saturated rings. The quantitative estimate of drug-likeness (QED) is 0.733. The molecule has 0 aliphatic carbocycles. The highest BCUT2D eigenvalue weighted by atomic mass is 35.5. The Morgan fingerprint density at radius 2 is 1.15 bits per heavy atom. The summed E-state index contributed by atoms with van der Waals surface area (Å²) in [5.74, 6) is 0. The standard InChI is InChI=1S/C20H20Cl2O4/c21-15-7-3-1-5-13(15)9-23-17-11-25-20-18(12-26-19(17)20)24-10-14-6-2-4-8-16(14)22/h1-8,17-20H,9-12H2/t17-,18+,19-,20-/m1/s1. The summed E-state index contributed by atoms with van der Waals surface area (Å²) in [5.41, 5.74) is 1.92. The van der Waals surface area contributed by atoms with Crippen LogP contribution in [0.5, 0.6) is 0 Å². The third-order valence-electron chi connectivity index (χ3n) is 4.78. The van der Waals surface area contributed by atoms with Gasteiger partial charge in [-0.2, -0.15) is 0 Å². The molecule has 0 unspecified atom stereocenters. The maximum absolute atomic E-state index is 6.18. The fourth-order valence-corrected chi connectivity index (χ4v) is 3.72. The smallest absolute Gasteiger partial charge is 0.115 e. The third kappa shape index (κ3) is 3.91. The number of halogens is 2. The summed E-state index contributed by atoms with van der Waals surface area (Å²) in [6, 6.07) is 15.3. The molecular formula is C20H20Cl2O4. The lowest BCUT2D eigenvalue weighted by Crippen LogP contribution is -2.34. The largest absolute Gasteiger partial charge is 0.370 e. The molecule has 0 amide bonds. The van der Waals surface area contributed by atoms with Crippen LogP contribution in [-0.4, -0.2) is 37.6 Å². The van der Waals surface area contributed by atoms with Gasteiger partial charge < -0.3 is 18.9 Å². The van der Waals surface area contributed by atoms with Crippen molar-refractivity contribution in [3.05, 3.63) is 69.7 Å². The van der Waals surface area contributed by atoms with Gasteiger partial charge in [-0.25, -0.2) is 0 Å². The van der Waals surface area contributed by atoms with Gasteiger partial charge in [0.1, 0.15) is 24.4 Å². The number of hydrogen-bond acceptors (Lipinski definition) is 4. The summed E-state index contributed by atoms with van der Waals surface area (Å²) in [5, 5.41) is 1.41. The average molecular weight is 395 g/mol. The highest BCUT2D eigenvalue weighted by Gasteiger charge is 2.48. The first-order valence-electron chi connectivity index (χ1n) is 8.65. The molecule has 0 bridgehead atoms. The Kier molecular flexibility index (Phi) is 5.79. The summed E-state index contributed by atoms with van der Waals surface area (Å²) in [6.45, 7) is 1.86. The van der Waals surface area contributed by atoms with Crippen LogP contribution >= 0.6 is 23.2 Å². The van der Waals surface area contributed by atoms with Crippen LogP contribution in [0.15, 0.2) is 48.5 Å². The van der Waals surface area contributed by atoms with Crippen LogP contribution in [0.25, 0.3) is 0 Å². The van der Waals surface area contributed by atoms with Crippen LogP contribution in [0.3, 0.4) is 0 Å². The average Bonchev–Trinajstić information content (AvgIpc) is 3.23. The summed E-state index contributed by atoms with van der Waals surface area (Å²) in [6.07, 6.45) is -0.474. The molecule has 2 heterocycles. The molecule has 6 heteroatoms. The van der Waals surface area contributed by atoms with Crippen molar-refractivity contribution in [3.63, 3.8) is 0 Å². The van der Waals surface area contributed by atoms with Crippen LogP contribution in [0.1, 0.15) is 11.1 Å². The minimum Gasteiger partial charge on any atom is -0.370 e. The van der Waals surface area contributed by atoms with E-state index >= 15 is 0 Å². The van der Waals surface area contributed by atoms with Gasteiger partial charge in [0, 0.05) is 10.0 Å². The van der Waals surface area contributed by atoms with Gasteiger partial charge in [0.25, 0.3) is 0 Å². The van der Waals surface area contributed by atoms with Gasteiger partial charge in [-0.15, -0.1) is 0 Å². The van der Waals surface area contributed by atoms with Crippen molar-refractivity contribution in [2.24, 2.45) is 0 Å². The van der Waals surface area contributed by atoms with Gasteiger partial charge in [-0.3, -0.25) is 0 Å². The van der Waals surface area contributed by atoms with E-state index in [4.69, 9.17) is 42.1 Å². The van der Waals surface area contributed by atoms with Crippen molar-refractivity contribution in [1.82, 2.24) is 0 Å². The Morgan fingerprint density at radius 1 is 0.731 bits per heavy atom. The molecule has 2 aliphatic heterocycles. The van der Waals surface area contributed by atoms with E-state index in [1.807, 2.05) is 48.5 Å². The number of ether oxygens (including phenoxy) is 4. The minimum absolute atomic E-state index is 0.117. The molecule has 26 heavy (non-hydrogen) atoms. The Labute approximate surface area is 162 Å². The Morgan fingerprint density at radius 3 is 1.58 bits per heavy atom. The Hall–Kier alpha value is -1.14. The summed E-state index contributed by atoms with van der Waals surface area (Å²) in [7, 11) is 0. The molecule has 0 spiro atoms. The third-order valence-corrected chi connectivity index (χ3v) is 5.52. The van der Waals surface area contributed by atoms with Crippen LogP contribution in [-0.2, 0) is 32.2 Å². The first-order valence-corrected chi connectivity index (χ1v) is 9.41. The van der Waals surface area contributed by atoms with Crippen molar-refractivity contribution in [2.75, 3.05) is 13.2 Å². The van der Waals surface area contributed by atoms with Crippen molar-refractivity contribution in [2.45, 2.75) is 37.6 Å². The van der Waals surface area contributed by atoms with Crippen molar-refractivity contribution in [1.29, 1.82) is 0 Å². The van der Waals surface area contributed by atoms with E-state index in [-0.39, 0.29) is 24.4 Å². The summed E-state index contributed by atoms with van der Waals surface area (Å²) in [4.78, 5) is 0. The van der Waals surface area contributed by atoms with Gasteiger partial charge in [-0.1, -0.05) is 59.6 Å². The van der Waals surface area contributed by atoms with E-state index in [1.165, 1.54) is 0 Å². The first-order chi connectivity index (χ1) is 12.7. The fourth-order valence-electron chi connectivity index (χ4n) is 3.34. The lowest BCUT2D eigenvalue weighted by atomic mass is 10.1. The molecule has 2 aromatic carbocycles. The van der Waals surface area contributed by atoms with Crippen LogP contribution in [0.4, 0.5) is 0 Å². The van der Waals surface area contributed by atoms with Crippen LogP contribution in [0.2, 0.25) is 10.0 Å². The molecule has 0 aromatic heterocycles. The minimum atomic E-state index is -0.120. The monoisotopic (exact) mass is 394 g/mol. The van der Waals surface area contributed by atoms with E-state index in [0.717, 1.165) is 11.1 Å². The molecule has 0 saturated carbocycles. The fraction of sp³-hybridized carbons (Fsp3) is 0.400. The topological polar surface area (TPSA) is 36.9 Å². The lowest BCUT2D eigenvalue weighted by Gasteiger charge is -2.18. The molecule has 0 N–H and O–H groups in total. The van der Waals surface area contributed by atoms with E-state index < -0.39 is 0 Å². The SMILES string of the molecule is Clc1ccccc1CO[C@H]1CO[C@H]2[C@@H]1OC[C@H]2OCc1ccccc1Cl. The van der Waals surface area contributed by atoms with Gasteiger partial charge in [0.05, 0.1) is 26.4 Å². The van der Waals surface area contributed by atoms with Gasteiger partial charge in [-0.05, 0) is 23.3 Å². The zero-order valence-electron chi connectivity index (χ0n) is 14.1. The van der Waals surface area contributed by atoms with E-state index in [2.05, 4.69) is 0 Å². The molecule has 4 atom stereocenters. The van der Waals surface area contributed by atoms with Gasteiger partial charge in [0.15, 0.2) is 0 Å².